The van der Waals surface area contributed by atoms with E-state index in [1.807, 2.05) is 31.2 Å². The number of thioether (sulfide) groups is 1. The van der Waals surface area contributed by atoms with Crippen LogP contribution in [0.3, 0.4) is 0 Å². The number of benzene rings is 2. The largest absolute Gasteiger partial charge is 0.298 e. The summed E-state index contributed by atoms with van der Waals surface area (Å²) in [5.74, 6) is -0.0955. The Morgan fingerprint density at radius 3 is 2.60 bits per heavy atom. The molecule has 0 amide bonds. The highest BCUT2D eigenvalue weighted by Crippen LogP contribution is 2.22. The van der Waals surface area contributed by atoms with Gasteiger partial charge >= 0.3 is 0 Å². The van der Waals surface area contributed by atoms with Gasteiger partial charge < -0.3 is 0 Å². The fourth-order valence-electron chi connectivity index (χ4n) is 1.75. The van der Waals surface area contributed by atoms with Gasteiger partial charge in [0, 0.05) is 11.3 Å². The molecule has 0 aliphatic carbocycles. The van der Waals surface area contributed by atoms with Crippen LogP contribution in [-0.2, 0) is 11.2 Å². The van der Waals surface area contributed by atoms with Gasteiger partial charge in [-0.3, -0.25) is 4.79 Å². The van der Waals surface area contributed by atoms with Crippen molar-refractivity contribution in [2.24, 2.45) is 0 Å². The Morgan fingerprint density at radius 2 is 1.90 bits per heavy atom. The van der Waals surface area contributed by atoms with Crippen molar-refractivity contribution >= 4 is 29.1 Å². The minimum absolute atomic E-state index is 0.0306. The maximum Gasteiger partial charge on any atom is 0.147 e. The average Bonchev–Trinajstić information content (AvgIpc) is 2.43. The molecule has 104 valence electrons. The fraction of sp³-hybridized carbons (Fsp3) is 0.188. The van der Waals surface area contributed by atoms with Crippen LogP contribution in [-0.4, -0.2) is 11.5 Å². The second-order valence-corrected chi connectivity index (χ2v) is 5.96. The van der Waals surface area contributed by atoms with E-state index >= 15 is 0 Å². The van der Waals surface area contributed by atoms with E-state index in [4.69, 9.17) is 11.6 Å². The van der Waals surface area contributed by atoms with Crippen LogP contribution >= 0.6 is 23.4 Å². The lowest BCUT2D eigenvalue weighted by Gasteiger charge is -2.05. The molecular weight excluding hydrogens is 295 g/mol. The fourth-order valence-corrected chi connectivity index (χ4v) is 2.70. The normalized spacial score (nSPS) is 10.6. The quantitative estimate of drug-likeness (QED) is 0.745. The molecule has 2 aromatic rings. The standard InChI is InChI=1S/C16H14ClFOS/c1-11-5-7-14(8-6-11)20-10-13(19)9-12-3-2-4-15(18)16(12)17/h2-8H,9-10H2,1H3. The highest BCUT2D eigenvalue weighted by atomic mass is 35.5. The van der Waals surface area contributed by atoms with E-state index in [9.17, 15) is 9.18 Å². The molecule has 0 aromatic heterocycles. The molecule has 0 aliphatic rings. The second kappa shape index (κ2) is 6.91. The maximum atomic E-state index is 13.3. The van der Waals surface area contributed by atoms with Crippen LogP contribution in [0, 0.1) is 12.7 Å². The summed E-state index contributed by atoms with van der Waals surface area (Å²) in [6, 6.07) is 12.5. The van der Waals surface area contributed by atoms with Gasteiger partial charge in [-0.1, -0.05) is 41.4 Å². The summed E-state index contributed by atoms with van der Waals surface area (Å²) < 4.78 is 13.3. The lowest BCUT2D eigenvalue weighted by atomic mass is 10.1. The van der Waals surface area contributed by atoms with Gasteiger partial charge in [0.25, 0.3) is 0 Å². The van der Waals surface area contributed by atoms with Crippen molar-refractivity contribution < 1.29 is 9.18 Å². The first-order chi connectivity index (χ1) is 9.56. The molecule has 0 spiro atoms. The smallest absolute Gasteiger partial charge is 0.147 e. The van der Waals surface area contributed by atoms with Crippen molar-refractivity contribution in [1.29, 1.82) is 0 Å². The molecule has 4 heteroatoms. The van der Waals surface area contributed by atoms with Gasteiger partial charge in [0.2, 0.25) is 0 Å². The summed E-state index contributed by atoms with van der Waals surface area (Å²) in [7, 11) is 0. The number of aryl methyl sites for hydroxylation is 1. The first kappa shape index (κ1) is 15.1. The molecule has 0 fully saturated rings. The van der Waals surface area contributed by atoms with E-state index in [0.717, 1.165) is 4.90 Å². The van der Waals surface area contributed by atoms with E-state index in [0.29, 0.717) is 11.3 Å². The molecule has 0 saturated carbocycles. The van der Waals surface area contributed by atoms with Gasteiger partial charge in [-0.05, 0) is 30.7 Å². The van der Waals surface area contributed by atoms with E-state index < -0.39 is 5.82 Å². The summed E-state index contributed by atoms with van der Waals surface area (Å²) in [6.07, 6.45) is 0.162. The molecule has 1 nitrogen and oxygen atoms in total. The summed E-state index contributed by atoms with van der Waals surface area (Å²) in [5.41, 5.74) is 1.73. The number of ketones is 1. The first-order valence-electron chi connectivity index (χ1n) is 6.20. The van der Waals surface area contributed by atoms with Crippen LogP contribution < -0.4 is 0 Å². The number of carbonyl (C=O) groups is 1. The Hall–Kier alpha value is -1.32. The van der Waals surface area contributed by atoms with Crippen molar-refractivity contribution in [2.45, 2.75) is 18.2 Å². The molecule has 0 heterocycles. The van der Waals surface area contributed by atoms with Gasteiger partial charge in [-0.25, -0.2) is 4.39 Å². The highest BCUT2D eigenvalue weighted by molar-refractivity contribution is 8.00. The van der Waals surface area contributed by atoms with E-state index in [-0.39, 0.29) is 17.2 Å². The first-order valence-corrected chi connectivity index (χ1v) is 7.56. The van der Waals surface area contributed by atoms with Crippen molar-refractivity contribution in [3.8, 4) is 0 Å². The molecule has 2 rings (SSSR count). The molecule has 0 N–H and O–H groups in total. The second-order valence-electron chi connectivity index (χ2n) is 4.53. The zero-order valence-electron chi connectivity index (χ0n) is 11.0. The van der Waals surface area contributed by atoms with Gasteiger partial charge in [0.15, 0.2) is 0 Å². The van der Waals surface area contributed by atoms with Crippen LogP contribution in [0.25, 0.3) is 0 Å². The Morgan fingerprint density at radius 1 is 1.20 bits per heavy atom. The van der Waals surface area contributed by atoms with Gasteiger partial charge in [-0.15, -0.1) is 11.8 Å². The van der Waals surface area contributed by atoms with Crippen LogP contribution in [0.4, 0.5) is 4.39 Å². The molecule has 0 unspecified atom stereocenters. The van der Waals surface area contributed by atoms with Crippen molar-refractivity contribution in [2.75, 3.05) is 5.75 Å². The molecule has 0 atom stereocenters. The van der Waals surface area contributed by atoms with Gasteiger partial charge in [0.1, 0.15) is 11.6 Å². The molecule has 0 radical (unpaired) electrons. The molecule has 0 aliphatic heterocycles. The Bertz CT molecular complexity index is 610. The maximum absolute atomic E-state index is 13.3. The van der Waals surface area contributed by atoms with Gasteiger partial charge in [0.05, 0.1) is 10.8 Å². The summed E-state index contributed by atoms with van der Waals surface area (Å²) in [6.45, 7) is 2.02. The lowest BCUT2D eigenvalue weighted by molar-refractivity contribution is -0.116. The topological polar surface area (TPSA) is 17.1 Å². The lowest BCUT2D eigenvalue weighted by Crippen LogP contribution is -2.06. The number of halogens is 2. The highest BCUT2D eigenvalue weighted by Gasteiger charge is 2.10. The van der Waals surface area contributed by atoms with Crippen LogP contribution in [0.5, 0.6) is 0 Å². The Labute approximate surface area is 127 Å². The van der Waals surface area contributed by atoms with Crippen LogP contribution in [0.1, 0.15) is 11.1 Å². The third-order valence-electron chi connectivity index (χ3n) is 2.84. The van der Waals surface area contributed by atoms with Crippen molar-refractivity contribution in [1.82, 2.24) is 0 Å². The molecule has 2 aromatic carbocycles. The third kappa shape index (κ3) is 4.09. The third-order valence-corrected chi connectivity index (χ3v) is 4.34. The van der Waals surface area contributed by atoms with E-state index in [1.54, 1.807) is 12.1 Å². The molecule has 0 saturated heterocycles. The summed E-state index contributed by atoms with van der Waals surface area (Å²) >= 11 is 7.32. The monoisotopic (exact) mass is 308 g/mol. The molecular formula is C16H14ClFOS. The Kier molecular flexibility index (Phi) is 5.21. The number of carbonyl (C=O) groups excluding carboxylic acids is 1. The van der Waals surface area contributed by atoms with E-state index in [2.05, 4.69) is 0 Å². The number of Topliss-reactive ketones (excluding diaryl/α,β-unsaturated/α-hetero) is 1. The van der Waals surface area contributed by atoms with E-state index in [1.165, 1.54) is 23.4 Å². The summed E-state index contributed by atoms with van der Waals surface area (Å²) in [5, 5.41) is 0.0428. The Balaban J connectivity index is 1.92. The van der Waals surface area contributed by atoms with Crippen molar-refractivity contribution in [3.05, 3.63) is 64.4 Å². The number of hydrogen-bond donors (Lipinski definition) is 0. The average molecular weight is 309 g/mol. The number of hydrogen-bond acceptors (Lipinski definition) is 2. The van der Waals surface area contributed by atoms with Crippen LogP contribution in [0.2, 0.25) is 5.02 Å². The van der Waals surface area contributed by atoms with Gasteiger partial charge in [-0.2, -0.15) is 0 Å². The number of rotatable bonds is 5. The molecule has 0 bridgehead atoms. The minimum atomic E-state index is -0.483. The minimum Gasteiger partial charge on any atom is -0.298 e. The van der Waals surface area contributed by atoms with Crippen LogP contribution in [0.15, 0.2) is 47.4 Å². The predicted molar refractivity (Wildman–Crippen MR) is 82.0 cm³/mol. The zero-order valence-corrected chi connectivity index (χ0v) is 12.6. The SMILES string of the molecule is Cc1ccc(SCC(=O)Cc2cccc(F)c2Cl)cc1. The molecule has 20 heavy (non-hydrogen) atoms. The zero-order chi connectivity index (χ0) is 14.5. The predicted octanol–water partition coefficient (Wildman–Crippen LogP) is 4.69. The van der Waals surface area contributed by atoms with Crippen molar-refractivity contribution in [3.63, 3.8) is 0 Å². The summed E-state index contributed by atoms with van der Waals surface area (Å²) in [4.78, 5) is 13.0.